The second-order valence-corrected chi connectivity index (χ2v) is 5.53. The highest BCUT2D eigenvalue weighted by Gasteiger charge is 2.11. The van der Waals surface area contributed by atoms with Crippen LogP contribution < -0.4 is 0 Å². The van der Waals surface area contributed by atoms with Crippen LogP contribution >= 0.6 is 11.6 Å². The van der Waals surface area contributed by atoms with E-state index < -0.39 is 0 Å². The summed E-state index contributed by atoms with van der Waals surface area (Å²) < 4.78 is 0. The third-order valence-corrected chi connectivity index (χ3v) is 3.61. The molecule has 0 saturated heterocycles. The molecule has 2 aromatic carbocycles. The molecule has 0 aliphatic heterocycles. The van der Waals surface area contributed by atoms with Crippen molar-refractivity contribution in [3.05, 3.63) is 48.0 Å². The van der Waals surface area contributed by atoms with Crippen LogP contribution in [0.25, 0.3) is 10.8 Å². The lowest BCUT2D eigenvalue weighted by Gasteiger charge is -2.14. The Labute approximate surface area is 109 Å². The van der Waals surface area contributed by atoms with Crippen molar-refractivity contribution in [2.75, 3.05) is 0 Å². The highest BCUT2D eigenvalue weighted by atomic mass is 35.5. The van der Waals surface area contributed by atoms with Crippen LogP contribution in [-0.4, -0.2) is 0 Å². The van der Waals surface area contributed by atoms with Gasteiger partial charge in [0.05, 0.1) is 5.38 Å². The zero-order valence-corrected chi connectivity index (χ0v) is 11.2. The molecule has 0 amide bonds. The summed E-state index contributed by atoms with van der Waals surface area (Å²) in [6.07, 6.45) is 2.23. The van der Waals surface area contributed by atoms with Gasteiger partial charge in [-0.15, -0.1) is 11.6 Å². The smallest absolute Gasteiger partial charge is 0.0591 e. The number of benzene rings is 2. The average molecular weight is 247 g/mol. The summed E-state index contributed by atoms with van der Waals surface area (Å²) >= 11 is 6.53. The second-order valence-electron chi connectivity index (χ2n) is 5.01. The standard InChI is InChI=1S/C16H19Cl/c1-12(2)10-11-16(17)15-9-5-7-13-6-3-4-8-14(13)15/h3-9,12,16H,10-11H2,1-2H3. The number of rotatable bonds is 4. The highest BCUT2D eigenvalue weighted by molar-refractivity contribution is 6.21. The second kappa shape index (κ2) is 5.55. The van der Waals surface area contributed by atoms with Crippen LogP contribution in [0.3, 0.4) is 0 Å². The maximum atomic E-state index is 6.53. The molecule has 2 aromatic rings. The van der Waals surface area contributed by atoms with Crippen LogP contribution in [0.5, 0.6) is 0 Å². The number of hydrogen-bond acceptors (Lipinski definition) is 0. The Morgan fingerprint density at radius 3 is 2.41 bits per heavy atom. The Morgan fingerprint density at radius 2 is 1.65 bits per heavy atom. The molecule has 2 rings (SSSR count). The van der Waals surface area contributed by atoms with Gasteiger partial charge in [0.15, 0.2) is 0 Å². The molecular weight excluding hydrogens is 228 g/mol. The molecule has 0 fully saturated rings. The van der Waals surface area contributed by atoms with Crippen molar-refractivity contribution in [3.8, 4) is 0 Å². The van der Waals surface area contributed by atoms with Gasteiger partial charge in [-0.05, 0) is 35.1 Å². The lowest BCUT2D eigenvalue weighted by atomic mass is 9.97. The highest BCUT2D eigenvalue weighted by Crippen LogP contribution is 2.32. The predicted octanol–water partition coefficient (Wildman–Crippen LogP) is 5.56. The third-order valence-electron chi connectivity index (χ3n) is 3.16. The molecule has 1 heteroatoms. The molecule has 0 nitrogen and oxygen atoms in total. The molecule has 0 aromatic heterocycles. The number of fused-ring (bicyclic) bond motifs is 1. The van der Waals surface area contributed by atoms with Crippen LogP contribution in [0.1, 0.15) is 37.6 Å². The largest absolute Gasteiger partial charge is 0.118 e. The van der Waals surface area contributed by atoms with Gasteiger partial charge in [-0.3, -0.25) is 0 Å². The van der Waals surface area contributed by atoms with Crippen molar-refractivity contribution in [3.63, 3.8) is 0 Å². The van der Waals surface area contributed by atoms with E-state index in [2.05, 4.69) is 56.3 Å². The Kier molecular flexibility index (Phi) is 4.06. The summed E-state index contributed by atoms with van der Waals surface area (Å²) in [6, 6.07) is 14.9. The Morgan fingerprint density at radius 1 is 0.941 bits per heavy atom. The van der Waals surface area contributed by atoms with Gasteiger partial charge >= 0.3 is 0 Å². The van der Waals surface area contributed by atoms with E-state index in [0.29, 0.717) is 5.92 Å². The fourth-order valence-electron chi connectivity index (χ4n) is 2.16. The van der Waals surface area contributed by atoms with E-state index in [0.717, 1.165) is 6.42 Å². The first-order valence-electron chi connectivity index (χ1n) is 6.30. The van der Waals surface area contributed by atoms with E-state index >= 15 is 0 Å². The molecule has 90 valence electrons. The van der Waals surface area contributed by atoms with Gasteiger partial charge in [-0.1, -0.05) is 56.3 Å². The molecule has 0 saturated carbocycles. The summed E-state index contributed by atoms with van der Waals surface area (Å²) in [5.74, 6) is 0.714. The summed E-state index contributed by atoms with van der Waals surface area (Å²) in [7, 11) is 0. The number of halogens is 1. The molecule has 0 radical (unpaired) electrons. The normalized spacial score (nSPS) is 13.2. The van der Waals surface area contributed by atoms with Crippen molar-refractivity contribution in [2.24, 2.45) is 5.92 Å². The Balaban J connectivity index is 2.28. The number of hydrogen-bond donors (Lipinski definition) is 0. The molecule has 0 bridgehead atoms. The minimum atomic E-state index is 0.128. The van der Waals surface area contributed by atoms with Crippen molar-refractivity contribution < 1.29 is 0 Å². The SMILES string of the molecule is CC(C)CCC(Cl)c1cccc2ccccc12. The molecule has 17 heavy (non-hydrogen) atoms. The van der Waals surface area contributed by atoms with Crippen LogP contribution in [0, 0.1) is 5.92 Å². The van der Waals surface area contributed by atoms with Gasteiger partial charge in [0.25, 0.3) is 0 Å². The Hall–Kier alpha value is -1.01. The fourth-order valence-corrected chi connectivity index (χ4v) is 2.48. The molecular formula is C16H19Cl. The zero-order chi connectivity index (χ0) is 12.3. The first-order chi connectivity index (χ1) is 8.18. The first kappa shape index (κ1) is 12.4. The molecule has 1 unspecified atom stereocenters. The van der Waals surface area contributed by atoms with E-state index in [4.69, 9.17) is 11.6 Å². The quantitative estimate of drug-likeness (QED) is 0.620. The van der Waals surface area contributed by atoms with Crippen molar-refractivity contribution in [2.45, 2.75) is 32.1 Å². The molecule has 0 spiro atoms. The van der Waals surface area contributed by atoms with Gasteiger partial charge in [-0.2, -0.15) is 0 Å². The van der Waals surface area contributed by atoms with E-state index in [-0.39, 0.29) is 5.38 Å². The van der Waals surface area contributed by atoms with Crippen molar-refractivity contribution >= 4 is 22.4 Å². The van der Waals surface area contributed by atoms with Gasteiger partial charge < -0.3 is 0 Å². The van der Waals surface area contributed by atoms with Crippen molar-refractivity contribution in [1.82, 2.24) is 0 Å². The lowest BCUT2D eigenvalue weighted by molar-refractivity contribution is 0.550. The predicted molar refractivity (Wildman–Crippen MR) is 76.6 cm³/mol. The van der Waals surface area contributed by atoms with Gasteiger partial charge in [0.1, 0.15) is 0 Å². The summed E-state index contributed by atoms with van der Waals surface area (Å²) in [5, 5.41) is 2.70. The lowest BCUT2D eigenvalue weighted by Crippen LogP contribution is -1.95. The first-order valence-corrected chi connectivity index (χ1v) is 6.74. The van der Waals surface area contributed by atoms with Crippen molar-refractivity contribution in [1.29, 1.82) is 0 Å². The maximum absolute atomic E-state index is 6.53. The maximum Gasteiger partial charge on any atom is 0.0591 e. The van der Waals surface area contributed by atoms with Gasteiger partial charge in [-0.25, -0.2) is 0 Å². The summed E-state index contributed by atoms with van der Waals surface area (Å²) in [6.45, 7) is 4.49. The molecule has 0 aliphatic rings. The van der Waals surface area contributed by atoms with Crippen LogP contribution in [0.4, 0.5) is 0 Å². The monoisotopic (exact) mass is 246 g/mol. The minimum Gasteiger partial charge on any atom is -0.118 e. The van der Waals surface area contributed by atoms with E-state index in [9.17, 15) is 0 Å². The molecule has 0 aliphatic carbocycles. The third kappa shape index (κ3) is 3.01. The number of alkyl halides is 1. The minimum absolute atomic E-state index is 0.128. The fraction of sp³-hybridized carbons (Fsp3) is 0.375. The topological polar surface area (TPSA) is 0 Å². The van der Waals surface area contributed by atoms with E-state index in [1.165, 1.54) is 22.8 Å². The summed E-state index contributed by atoms with van der Waals surface area (Å²) in [4.78, 5) is 0. The zero-order valence-electron chi connectivity index (χ0n) is 10.5. The van der Waals surface area contributed by atoms with E-state index in [1.54, 1.807) is 0 Å². The average Bonchev–Trinajstić information content (AvgIpc) is 2.35. The molecule has 1 atom stereocenters. The van der Waals surface area contributed by atoms with Crippen LogP contribution in [0.2, 0.25) is 0 Å². The molecule has 0 N–H and O–H groups in total. The van der Waals surface area contributed by atoms with Crippen LogP contribution in [-0.2, 0) is 0 Å². The van der Waals surface area contributed by atoms with Gasteiger partial charge in [0, 0.05) is 0 Å². The van der Waals surface area contributed by atoms with E-state index in [1.807, 2.05) is 0 Å². The van der Waals surface area contributed by atoms with Crippen LogP contribution in [0.15, 0.2) is 42.5 Å². The van der Waals surface area contributed by atoms with Gasteiger partial charge in [0.2, 0.25) is 0 Å². The summed E-state index contributed by atoms with van der Waals surface area (Å²) in [5.41, 5.74) is 1.27. The Bertz CT molecular complexity index is 482. The molecule has 0 heterocycles.